The number of imide groups is 1. The summed E-state index contributed by atoms with van der Waals surface area (Å²) in [5.41, 5.74) is 1.64. The van der Waals surface area contributed by atoms with Crippen LogP contribution in [0.5, 0.6) is 23.0 Å². The number of hydroxylamine groups is 3. The number of carbonyl (C=O) groups is 2. The van der Waals surface area contributed by atoms with Gasteiger partial charge in [0.1, 0.15) is 35.4 Å². The van der Waals surface area contributed by atoms with Crippen molar-refractivity contribution in [3.05, 3.63) is 132 Å². The van der Waals surface area contributed by atoms with Gasteiger partial charge in [-0.15, -0.1) is 0 Å². The number of hydrogen-bond donors (Lipinski definition) is 1. The maximum absolute atomic E-state index is 13.1. The number of nitrogens with zero attached hydrogens (tertiary/aromatic N) is 1. The van der Waals surface area contributed by atoms with Crippen LogP contribution in [-0.2, 0) is 9.59 Å². The van der Waals surface area contributed by atoms with Crippen molar-refractivity contribution in [3.63, 3.8) is 0 Å². The Balaban J connectivity index is 1.35. The van der Waals surface area contributed by atoms with Gasteiger partial charge < -0.3 is 9.47 Å². The number of quaternary nitrogens is 1. The van der Waals surface area contributed by atoms with Gasteiger partial charge >= 0.3 is 11.8 Å². The van der Waals surface area contributed by atoms with Crippen LogP contribution in [0.2, 0.25) is 0 Å². The van der Waals surface area contributed by atoms with Crippen molar-refractivity contribution in [2.24, 2.45) is 5.92 Å². The predicted molar refractivity (Wildman–Crippen MR) is 160 cm³/mol. The van der Waals surface area contributed by atoms with Crippen molar-refractivity contribution in [2.45, 2.75) is 20.3 Å². The van der Waals surface area contributed by atoms with Crippen molar-refractivity contribution in [1.29, 1.82) is 0 Å². The van der Waals surface area contributed by atoms with E-state index in [1.807, 2.05) is 91.9 Å². The first-order chi connectivity index (χ1) is 20.2. The summed E-state index contributed by atoms with van der Waals surface area (Å²) in [6.45, 7) is 2.84. The summed E-state index contributed by atoms with van der Waals surface area (Å²) in [6, 6.07) is 29.8. The van der Waals surface area contributed by atoms with Gasteiger partial charge in [-0.1, -0.05) is 72.3 Å². The molecule has 2 unspecified atom stereocenters. The molecule has 214 valence electrons. The van der Waals surface area contributed by atoms with Gasteiger partial charge in [0.15, 0.2) is 0 Å². The van der Waals surface area contributed by atoms with Crippen molar-refractivity contribution in [2.75, 3.05) is 6.54 Å². The molecule has 42 heavy (non-hydrogen) atoms. The number of para-hydroxylation sites is 1. The van der Waals surface area contributed by atoms with Crippen LogP contribution < -0.4 is 9.47 Å². The zero-order valence-electron chi connectivity index (χ0n) is 23.5. The zero-order chi connectivity index (χ0) is 30.0. The van der Waals surface area contributed by atoms with E-state index in [2.05, 4.69) is 0 Å². The number of halogens is 1. The highest BCUT2D eigenvalue weighted by Gasteiger charge is 2.40. The fourth-order valence-corrected chi connectivity index (χ4v) is 4.14. The third kappa shape index (κ3) is 8.57. The van der Waals surface area contributed by atoms with Gasteiger partial charge in [-0.25, -0.2) is 19.2 Å². The number of carbonyl (C=O) groups excluding carboxylic acids is 2. The summed E-state index contributed by atoms with van der Waals surface area (Å²) in [5.74, 6) is 0.600. The van der Waals surface area contributed by atoms with Crippen LogP contribution in [0.15, 0.2) is 115 Å². The first-order valence-corrected chi connectivity index (χ1v) is 13.6. The Bertz CT molecular complexity index is 1570. The summed E-state index contributed by atoms with van der Waals surface area (Å²) in [5, 5.41) is 11.0. The van der Waals surface area contributed by atoms with Gasteiger partial charge in [-0.3, -0.25) is 0 Å². The molecule has 0 aliphatic rings. The minimum Gasteiger partial charge on any atom is -0.457 e. The molecule has 0 heterocycles. The van der Waals surface area contributed by atoms with Crippen LogP contribution in [0.4, 0.5) is 4.39 Å². The third-order valence-corrected chi connectivity index (χ3v) is 6.47. The quantitative estimate of drug-likeness (QED) is 0.112. The predicted octanol–water partition coefficient (Wildman–Crippen LogP) is 8.44. The molecule has 0 radical (unpaired) electrons. The fraction of sp³-hybridized carbons (Fsp3) is 0.143. The lowest BCUT2D eigenvalue weighted by Crippen LogP contribution is -2.53. The standard InChI is InChI=1S/C35H33FNO5/c1-26(16-17-29-10-7-15-34(25-29)42-32-20-18-30(36)19-21-32)23-35(39)37(40,27(2)38)22-8-11-28-9-6-14-33(24-28)41-31-12-4-3-5-13-31/h3-21,24-26,40H,22-23H2,1-2H3/q+1. The molecule has 0 saturated heterocycles. The highest BCUT2D eigenvalue weighted by molar-refractivity contribution is 5.82. The average molecular weight is 567 g/mol. The first kappa shape index (κ1) is 30.1. The van der Waals surface area contributed by atoms with E-state index >= 15 is 0 Å². The second-order valence-corrected chi connectivity index (χ2v) is 9.92. The van der Waals surface area contributed by atoms with Crippen LogP contribution in [0.25, 0.3) is 12.2 Å². The Labute approximate surface area is 245 Å². The number of allylic oxidation sites excluding steroid dienone is 1. The van der Waals surface area contributed by atoms with Crippen LogP contribution in [-0.4, -0.2) is 28.2 Å². The number of amides is 2. The van der Waals surface area contributed by atoms with Gasteiger partial charge in [0, 0.05) is 0 Å². The SMILES string of the molecule is CC(=O)[N+](O)(CC=Cc1cccc(Oc2ccccc2)c1)C(=O)CC(C)C=Cc1cccc(Oc2ccc(F)cc2)c1. The minimum atomic E-state index is -1.32. The molecule has 2 atom stereocenters. The van der Waals surface area contributed by atoms with Crippen molar-refractivity contribution in [3.8, 4) is 23.0 Å². The summed E-state index contributed by atoms with van der Waals surface area (Å²) in [7, 11) is 0. The Morgan fingerprint density at radius 1 is 0.786 bits per heavy atom. The zero-order valence-corrected chi connectivity index (χ0v) is 23.5. The smallest absolute Gasteiger partial charge is 0.354 e. The van der Waals surface area contributed by atoms with E-state index in [1.54, 1.807) is 30.4 Å². The Kier molecular flexibility index (Phi) is 10.2. The molecule has 6 nitrogen and oxygen atoms in total. The number of hydrogen-bond acceptors (Lipinski definition) is 5. The maximum atomic E-state index is 13.1. The van der Waals surface area contributed by atoms with E-state index in [9.17, 15) is 19.2 Å². The van der Waals surface area contributed by atoms with Crippen LogP contribution in [0.1, 0.15) is 31.4 Å². The molecule has 4 aromatic rings. The molecule has 1 N–H and O–H groups in total. The lowest BCUT2D eigenvalue weighted by molar-refractivity contribution is -0.970. The van der Waals surface area contributed by atoms with E-state index in [-0.39, 0.29) is 24.7 Å². The largest absolute Gasteiger partial charge is 0.457 e. The van der Waals surface area contributed by atoms with E-state index in [0.29, 0.717) is 23.0 Å². The molecular formula is C35H33FNO5+. The average Bonchev–Trinajstić information content (AvgIpc) is 2.98. The van der Waals surface area contributed by atoms with Gasteiger partial charge in [-0.2, -0.15) is 0 Å². The summed E-state index contributed by atoms with van der Waals surface area (Å²) in [4.78, 5) is 25.4. The minimum absolute atomic E-state index is 0.0351. The Hall–Kier alpha value is -4.85. The molecule has 0 fully saturated rings. The summed E-state index contributed by atoms with van der Waals surface area (Å²) < 4.78 is 23.5. The van der Waals surface area contributed by atoms with Crippen LogP contribution in [0.3, 0.4) is 0 Å². The number of rotatable bonds is 11. The van der Waals surface area contributed by atoms with Gasteiger partial charge in [-0.05, 0) is 83.8 Å². The van der Waals surface area contributed by atoms with Crippen LogP contribution in [0, 0.1) is 11.7 Å². The second-order valence-electron chi connectivity index (χ2n) is 9.92. The topological polar surface area (TPSA) is 72.8 Å². The number of benzene rings is 4. The molecular weight excluding hydrogens is 533 g/mol. The first-order valence-electron chi connectivity index (χ1n) is 13.6. The molecule has 0 aliphatic heterocycles. The Morgan fingerprint density at radius 3 is 1.93 bits per heavy atom. The highest BCUT2D eigenvalue weighted by atomic mass is 19.1. The molecule has 0 saturated carbocycles. The summed E-state index contributed by atoms with van der Waals surface area (Å²) in [6.07, 6.45) is 7.00. The third-order valence-electron chi connectivity index (χ3n) is 6.47. The van der Waals surface area contributed by atoms with E-state index in [0.717, 1.165) is 11.1 Å². The molecule has 4 aromatic carbocycles. The second kappa shape index (κ2) is 14.2. The molecule has 0 spiro atoms. The lowest BCUT2D eigenvalue weighted by Gasteiger charge is -2.23. The van der Waals surface area contributed by atoms with Crippen molar-refractivity contribution >= 4 is 24.0 Å². The number of ether oxygens (including phenoxy) is 2. The van der Waals surface area contributed by atoms with E-state index in [4.69, 9.17) is 9.47 Å². The molecule has 0 aliphatic carbocycles. The maximum Gasteiger partial charge on any atom is 0.354 e. The highest BCUT2D eigenvalue weighted by Crippen LogP contribution is 2.25. The molecule has 4 rings (SSSR count). The van der Waals surface area contributed by atoms with Crippen molar-refractivity contribution in [1.82, 2.24) is 0 Å². The van der Waals surface area contributed by atoms with Gasteiger partial charge in [0.25, 0.3) is 0 Å². The normalized spacial score (nSPS) is 13.5. The van der Waals surface area contributed by atoms with Crippen LogP contribution >= 0.6 is 0 Å². The van der Waals surface area contributed by atoms with E-state index < -0.39 is 16.5 Å². The molecule has 2 amide bonds. The van der Waals surface area contributed by atoms with Crippen molar-refractivity contribution < 1.29 is 33.3 Å². The van der Waals surface area contributed by atoms with Gasteiger partial charge in [0.2, 0.25) is 0 Å². The summed E-state index contributed by atoms with van der Waals surface area (Å²) >= 11 is 0. The van der Waals surface area contributed by atoms with E-state index in [1.165, 1.54) is 19.1 Å². The fourth-order valence-electron chi connectivity index (χ4n) is 4.14. The molecule has 7 heteroatoms. The Morgan fingerprint density at radius 2 is 1.33 bits per heavy atom. The molecule has 0 bridgehead atoms. The monoisotopic (exact) mass is 566 g/mol. The molecule has 0 aromatic heterocycles. The lowest BCUT2D eigenvalue weighted by atomic mass is 10.0. The van der Waals surface area contributed by atoms with Gasteiger partial charge in [0.05, 0.1) is 13.3 Å².